The molecule has 0 unspecified atom stereocenters. The molecular weight excluding hydrogens is 476 g/mol. The minimum atomic E-state index is -0.370. The molecule has 6 nitrogen and oxygen atoms in total. The fourth-order valence-electron chi connectivity index (χ4n) is 2.46. The average Bonchev–Trinajstić information content (AvgIpc) is 3.43. The van der Waals surface area contributed by atoms with Gasteiger partial charge < -0.3 is 0 Å². The molecule has 138 valence electrons. The molecule has 0 saturated heterocycles. The zero-order valence-corrected chi connectivity index (χ0v) is 17.3. The Kier molecular flexibility index (Phi) is 6.52. The SMILES string of the molecule is O=C(N/N=C\c1cccc(Br)c1)[C@@H]1C[C@H]1C(=O)N/N=C\c1cccc(Br)c1. The first-order valence-electron chi connectivity index (χ1n) is 8.20. The lowest BCUT2D eigenvalue weighted by molar-refractivity contribution is -0.127. The zero-order valence-electron chi connectivity index (χ0n) is 14.1. The Morgan fingerprint density at radius 3 is 1.70 bits per heavy atom. The van der Waals surface area contributed by atoms with Gasteiger partial charge in [0.15, 0.2) is 0 Å². The maximum atomic E-state index is 12.1. The largest absolute Gasteiger partial charge is 0.273 e. The lowest BCUT2D eigenvalue weighted by Crippen LogP contribution is -2.25. The van der Waals surface area contributed by atoms with Gasteiger partial charge in [0.1, 0.15) is 0 Å². The molecule has 8 heteroatoms. The van der Waals surface area contributed by atoms with Gasteiger partial charge in [0.25, 0.3) is 0 Å². The topological polar surface area (TPSA) is 82.9 Å². The van der Waals surface area contributed by atoms with Gasteiger partial charge in [-0.05, 0) is 41.8 Å². The molecular formula is C19H16Br2N4O2. The van der Waals surface area contributed by atoms with E-state index < -0.39 is 0 Å². The fraction of sp³-hybridized carbons (Fsp3) is 0.158. The van der Waals surface area contributed by atoms with Gasteiger partial charge in [-0.3, -0.25) is 9.59 Å². The van der Waals surface area contributed by atoms with Crippen molar-refractivity contribution in [3.8, 4) is 0 Å². The first kappa shape index (κ1) is 19.4. The number of hydrogen-bond donors (Lipinski definition) is 2. The van der Waals surface area contributed by atoms with Crippen molar-refractivity contribution in [3.63, 3.8) is 0 Å². The molecule has 0 spiro atoms. The Bertz CT molecular complexity index is 841. The number of nitrogens with zero attached hydrogens (tertiary/aromatic N) is 2. The van der Waals surface area contributed by atoms with Crippen molar-refractivity contribution < 1.29 is 9.59 Å². The Labute approximate surface area is 173 Å². The van der Waals surface area contributed by atoms with E-state index in [1.807, 2.05) is 48.5 Å². The van der Waals surface area contributed by atoms with E-state index in [2.05, 4.69) is 52.9 Å². The van der Waals surface area contributed by atoms with Gasteiger partial charge in [0, 0.05) is 8.95 Å². The van der Waals surface area contributed by atoms with Crippen LogP contribution in [0.25, 0.3) is 0 Å². The zero-order chi connectivity index (χ0) is 19.2. The number of halogens is 2. The highest BCUT2D eigenvalue weighted by Gasteiger charge is 2.48. The third-order valence-electron chi connectivity index (χ3n) is 3.94. The smallest absolute Gasteiger partial charge is 0.244 e. The third kappa shape index (κ3) is 5.83. The summed E-state index contributed by atoms with van der Waals surface area (Å²) in [4.78, 5) is 24.1. The number of hydrazone groups is 2. The Morgan fingerprint density at radius 2 is 1.30 bits per heavy atom. The molecule has 0 heterocycles. The highest BCUT2D eigenvalue weighted by atomic mass is 79.9. The van der Waals surface area contributed by atoms with Crippen molar-refractivity contribution in [2.45, 2.75) is 6.42 Å². The normalized spacial score (nSPS) is 18.6. The maximum absolute atomic E-state index is 12.1. The maximum Gasteiger partial charge on any atom is 0.244 e. The van der Waals surface area contributed by atoms with E-state index in [0.29, 0.717) is 6.42 Å². The van der Waals surface area contributed by atoms with Crippen LogP contribution in [0.1, 0.15) is 17.5 Å². The minimum Gasteiger partial charge on any atom is -0.273 e. The van der Waals surface area contributed by atoms with Crippen molar-refractivity contribution in [1.29, 1.82) is 0 Å². The molecule has 0 bridgehead atoms. The van der Waals surface area contributed by atoms with Crippen molar-refractivity contribution in [3.05, 3.63) is 68.6 Å². The van der Waals surface area contributed by atoms with Crippen molar-refractivity contribution >= 4 is 56.1 Å². The van der Waals surface area contributed by atoms with Crippen LogP contribution in [0.4, 0.5) is 0 Å². The van der Waals surface area contributed by atoms with Gasteiger partial charge in [-0.1, -0.05) is 56.1 Å². The number of amides is 2. The summed E-state index contributed by atoms with van der Waals surface area (Å²) < 4.78 is 1.86. The second-order valence-electron chi connectivity index (χ2n) is 6.03. The molecule has 27 heavy (non-hydrogen) atoms. The molecule has 0 aromatic heterocycles. The number of rotatable bonds is 6. The van der Waals surface area contributed by atoms with E-state index in [9.17, 15) is 9.59 Å². The molecule has 3 rings (SSSR count). The van der Waals surface area contributed by atoms with Crippen molar-refractivity contribution in [1.82, 2.24) is 10.9 Å². The van der Waals surface area contributed by atoms with Crippen LogP contribution in [0.5, 0.6) is 0 Å². The van der Waals surface area contributed by atoms with Crippen LogP contribution in [0.15, 0.2) is 67.7 Å². The van der Waals surface area contributed by atoms with Gasteiger partial charge in [-0.2, -0.15) is 10.2 Å². The third-order valence-corrected chi connectivity index (χ3v) is 4.92. The van der Waals surface area contributed by atoms with E-state index in [1.54, 1.807) is 12.4 Å². The number of hydrogen-bond acceptors (Lipinski definition) is 4. The Balaban J connectivity index is 1.44. The second kappa shape index (κ2) is 9.05. The second-order valence-corrected chi connectivity index (χ2v) is 7.86. The summed E-state index contributed by atoms with van der Waals surface area (Å²) in [6, 6.07) is 15.1. The molecule has 2 aromatic carbocycles. The minimum absolute atomic E-state index is 0.266. The summed E-state index contributed by atoms with van der Waals surface area (Å²) in [5.74, 6) is -1.27. The van der Waals surface area contributed by atoms with E-state index in [-0.39, 0.29) is 23.7 Å². The highest BCUT2D eigenvalue weighted by Crippen LogP contribution is 2.38. The molecule has 2 atom stereocenters. The highest BCUT2D eigenvalue weighted by molar-refractivity contribution is 9.10. The summed E-state index contributed by atoms with van der Waals surface area (Å²) in [5, 5.41) is 7.87. The predicted octanol–water partition coefficient (Wildman–Crippen LogP) is 3.45. The van der Waals surface area contributed by atoms with Gasteiger partial charge in [-0.25, -0.2) is 10.9 Å². The lowest BCUT2D eigenvalue weighted by atomic mass is 10.2. The Hall–Kier alpha value is -2.32. The lowest BCUT2D eigenvalue weighted by Gasteiger charge is -2.00. The summed E-state index contributed by atoms with van der Waals surface area (Å²) >= 11 is 6.74. The molecule has 0 radical (unpaired) electrons. The van der Waals surface area contributed by atoms with Gasteiger partial charge in [-0.15, -0.1) is 0 Å². The van der Waals surface area contributed by atoms with Crippen LogP contribution in [0.3, 0.4) is 0 Å². The summed E-state index contributed by atoms with van der Waals surface area (Å²) in [6.45, 7) is 0. The molecule has 2 aromatic rings. The predicted molar refractivity (Wildman–Crippen MR) is 111 cm³/mol. The summed E-state index contributed by atoms with van der Waals surface area (Å²) in [6.07, 6.45) is 3.61. The monoisotopic (exact) mass is 490 g/mol. The molecule has 0 aliphatic heterocycles. The number of carbonyl (C=O) groups is 2. The first-order valence-corrected chi connectivity index (χ1v) is 9.78. The average molecular weight is 492 g/mol. The molecule has 1 aliphatic rings. The van der Waals surface area contributed by atoms with Crippen molar-refractivity contribution in [2.24, 2.45) is 22.0 Å². The molecule has 1 aliphatic carbocycles. The van der Waals surface area contributed by atoms with Crippen LogP contribution in [0, 0.1) is 11.8 Å². The molecule has 2 amide bonds. The number of nitrogens with one attached hydrogen (secondary N) is 2. The molecule has 1 fully saturated rings. The first-order chi connectivity index (χ1) is 13.0. The van der Waals surface area contributed by atoms with Crippen LogP contribution in [-0.4, -0.2) is 24.2 Å². The van der Waals surface area contributed by atoms with Gasteiger partial charge in [0.2, 0.25) is 11.8 Å². The van der Waals surface area contributed by atoms with E-state index in [1.165, 1.54) is 0 Å². The number of carbonyl (C=O) groups excluding carboxylic acids is 2. The van der Waals surface area contributed by atoms with Crippen molar-refractivity contribution in [2.75, 3.05) is 0 Å². The van der Waals surface area contributed by atoms with Crippen LogP contribution >= 0.6 is 31.9 Å². The van der Waals surface area contributed by atoms with E-state index in [4.69, 9.17) is 0 Å². The standard InChI is InChI=1S/C19H16Br2N4O2/c20-14-5-1-3-12(7-14)10-22-24-18(26)16-9-17(16)19(27)25-23-11-13-4-2-6-15(21)8-13/h1-8,10-11,16-17H,9H2,(H,24,26)(H,25,27)/b22-10-,23-11-/t16-,17-/m1/s1. The summed E-state index contributed by atoms with van der Waals surface area (Å²) in [7, 11) is 0. The van der Waals surface area contributed by atoms with Crippen LogP contribution in [-0.2, 0) is 9.59 Å². The van der Waals surface area contributed by atoms with E-state index >= 15 is 0 Å². The molecule has 2 N–H and O–H groups in total. The molecule has 1 saturated carbocycles. The van der Waals surface area contributed by atoms with E-state index in [0.717, 1.165) is 20.1 Å². The van der Waals surface area contributed by atoms with Gasteiger partial charge >= 0.3 is 0 Å². The quantitative estimate of drug-likeness (QED) is 0.479. The van der Waals surface area contributed by atoms with Crippen LogP contribution in [0.2, 0.25) is 0 Å². The number of benzene rings is 2. The van der Waals surface area contributed by atoms with Crippen LogP contribution < -0.4 is 10.9 Å². The fourth-order valence-corrected chi connectivity index (χ4v) is 3.29. The van der Waals surface area contributed by atoms with Gasteiger partial charge in [0.05, 0.1) is 24.3 Å². The Morgan fingerprint density at radius 1 is 0.852 bits per heavy atom. The summed E-state index contributed by atoms with van der Waals surface area (Å²) in [5.41, 5.74) is 6.67.